The Kier molecular flexibility index (Phi) is 4.78. The largest absolute Gasteiger partial charge is 0.378 e. The third kappa shape index (κ3) is 3.26. The molecule has 0 unspecified atom stereocenters. The number of carbonyl (C=O) groups is 1. The lowest BCUT2D eigenvalue weighted by Crippen LogP contribution is -2.37. The van der Waals surface area contributed by atoms with Gasteiger partial charge in [-0.25, -0.2) is 0 Å². The van der Waals surface area contributed by atoms with Gasteiger partial charge in [-0.05, 0) is 30.3 Å². The molecule has 3 aromatic rings. The molecule has 4 nitrogen and oxygen atoms in total. The minimum atomic E-state index is 0.00652. The summed E-state index contributed by atoms with van der Waals surface area (Å²) in [6, 6.07) is 18.9. The van der Waals surface area contributed by atoms with Gasteiger partial charge in [0.15, 0.2) is 0 Å². The number of ether oxygens (including phenoxy) is 1. The Morgan fingerprint density at radius 1 is 0.923 bits per heavy atom. The van der Waals surface area contributed by atoms with E-state index in [1.807, 2.05) is 71.4 Å². The molecule has 132 valence electrons. The van der Waals surface area contributed by atoms with Crippen molar-refractivity contribution in [1.82, 2.24) is 4.57 Å². The number of anilines is 1. The Morgan fingerprint density at radius 2 is 1.62 bits per heavy atom. The number of morpholine rings is 1. The number of halogens is 1. The summed E-state index contributed by atoms with van der Waals surface area (Å²) in [6.45, 7) is 2.90. The van der Waals surface area contributed by atoms with E-state index in [0.717, 1.165) is 24.5 Å². The zero-order chi connectivity index (χ0) is 17.9. The van der Waals surface area contributed by atoms with Crippen LogP contribution < -0.4 is 4.90 Å². The highest BCUT2D eigenvalue weighted by atomic mass is 35.5. The number of hydrogen-bond donors (Lipinski definition) is 0. The highest BCUT2D eigenvalue weighted by Gasteiger charge is 2.24. The maximum atomic E-state index is 13.3. The second-order valence-electron chi connectivity index (χ2n) is 6.19. The Bertz CT molecular complexity index is 898. The van der Waals surface area contributed by atoms with E-state index in [1.54, 1.807) is 0 Å². The van der Waals surface area contributed by atoms with Gasteiger partial charge in [-0.2, -0.15) is 0 Å². The van der Waals surface area contributed by atoms with Crippen LogP contribution in [0.2, 0.25) is 5.02 Å². The number of benzene rings is 2. The fourth-order valence-electron chi connectivity index (χ4n) is 3.25. The number of ketones is 1. The van der Waals surface area contributed by atoms with Crippen LogP contribution in [0, 0.1) is 0 Å². The SMILES string of the molecule is O=C(c1ccccc1)c1c(N2CCOCC2)ccn1-c1ccc(Cl)cc1. The molecule has 0 atom stereocenters. The van der Waals surface area contributed by atoms with Crippen molar-refractivity contribution in [2.75, 3.05) is 31.2 Å². The zero-order valence-corrected chi connectivity index (χ0v) is 15.0. The highest BCUT2D eigenvalue weighted by molar-refractivity contribution is 6.30. The Hall–Kier alpha value is -2.56. The van der Waals surface area contributed by atoms with Crippen LogP contribution in [-0.2, 0) is 4.74 Å². The first-order valence-electron chi connectivity index (χ1n) is 8.64. The van der Waals surface area contributed by atoms with Crippen LogP contribution in [0.25, 0.3) is 5.69 Å². The van der Waals surface area contributed by atoms with Gasteiger partial charge in [0.1, 0.15) is 5.69 Å². The molecule has 0 radical (unpaired) electrons. The molecule has 2 heterocycles. The normalized spacial score (nSPS) is 14.4. The van der Waals surface area contributed by atoms with E-state index in [0.29, 0.717) is 29.5 Å². The number of hydrogen-bond acceptors (Lipinski definition) is 3. The van der Waals surface area contributed by atoms with E-state index < -0.39 is 0 Å². The van der Waals surface area contributed by atoms with Gasteiger partial charge >= 0.3 is 0 Å². The maximum absolute atomic E-state index is 13.3. The van der Waals surface area contributed by atoms with Gasteiger partial charge in [-0.3, -0.25) is 4.79 Å². The van der Waals surface area contributed by atoms with E-state index in [1.165, 1.54) is 0 Å². The molecular formula is C21H19ClN2O2. The van der Waals surface area contributed by atoms with Gasteiger partial charge in [-0.1, -0.05) is 41.9 Å². The summed E-state index contributed by atoms with van der Waals surface area (Å²) in [6.07, 6.45) is 1.95. The molecule has 1 aliphatic rings. The minimum absolute atomic E-state index is 0.00652. The standard InChI is InChI=1S/C21H19ClN2O2/c22-17-6-8-18(9-7-17)24-11-10-19(23-12-14-26-15-13-23)20(24)21(25)16-4-2-1-3-5-16/h1-11H,12-15H2. The van der Waals surface area contributed by atoms with Gasteiger partial charge in [0.2, 0.25) is 5.78 Å². The van der Waals surface area contributed by atoms with E-state index in [4.69, 9.17) is 16.3 Å². The summed E-state index contributed by atoms with van der Waals surface area (Å²) < 4.78 is 7.40. The number of aromatic nitrogens is 1. The molecule has 4 rings (SSSR count). The molecular weight excluding hydrogens is 348 g/mol. The predicted molar refractivity (Wildman–Crippen MR) is 104 cm³/mol. The van der Waals surface area contributed by atoms with Crippen LogP contribution >= 0.6 is 11.6 Å². The summed E-state index contributed by atoms with van der Waals surface area (Å²) in [5.74, 6) is 0.00652. The molecule has 1 fully saturated rings. The van der Waals surface area contributed by atoms with Crippen LogP contribution in [0.5, 0.6) is 0 Å². The van der Waals surface area contributed by atoms with Crippen molar-refractivity contribution in [2.24, 2.45) is 0 Å². The lowest BCUT2D eigenvalue weighted by Gasteiger charge is -2.29. The first-order chi connectivity index (χ1) is 12.7. The van der Waals surface area contributed by atoms with Gasteiger partial charge in [0.05, 0.1) is 18.9 Å². The molecule has 0 spiro atoms. The third-order valence-corrected chi connectivity index (χ3v) is 4.82. The number of carbonyl (C=O) groups excluding carboxylic acids is 1. The molecule has 0 bridgehead atoms. The van der Waals surface area contributed by atoms with E-state index in [2.05, 4.69) is 4.90 Å². The maximum Gasteiger partial charge on any atom is 0.211 e. The van der Waals surface area contributed by atoms with Crippen LogP contribution in [-0.4, -0.2) is 36.7 Å². The van der Waals surface area contributed by atoms with Gasteiger partial charge in [-0.15, -0.1) is 0 Å². The zero-order valence-electron chi connectivity index (χ0n) is 14.3. The second kappa shape index (κ2) is 7.36. The smallest absolute Gasteiger partial charge is 0.211 e. The van der Waals surface area contributed by atoms with Crippen molar-refractivity contribution in [3.63, 3.8) is 0 Å². The molecule has 0 aliphatic carbocycles. The molecule has 26 heavy (non-hydrogen) atoms. The lowest BCUT2D eigenvalue weighted by molar-refractivity contribution is 0.103. The third-order valence-electron chi connectivity index (χ3n) is 4.57. The monoisotopic (exact) mass is 366 g/mol. The molecule has 1 saturated heterocycles. The molecule has 1 aromatic heterocycles. The molecule has 2 aromatic carbocycles. The summed E-state index contributed by atoms with van der Waals surface area (Å²) in [4.78, 5) is 15.5. The van der Waals surface area contributed by atoms with E-state index >= 15 is 0 Å². The average molecular weight is 367 g/mol. The number of nitrogens with zero attached hydrogens (tertiary/aromatic N) is 2. The Balaban J connectivity index is 1.82. The average Bonchev–Trinajstić information content (AvgIpc) is 3.14. The molecule has 0 saturated carbocycles. The summed E-state index contributed by atoms with van der Waals surface area (Å²) >= 11 is 6.03. The van der Waals surface area contributed by atoms with Crippen molar-refractivity contribution in [3.8, 4) is 5.69 Å². The van der Waals surface area contributed by atoms with Crippen molar-refractivity contribution in [1.29, 1.82) is 0 Å². The first-order valence-corrected chi connectivity index (χ1v) is 9.01. The summed E-state index contributed by atoms with van der Waals surface area (Å²) in [5, 5.41) is 0.672. The van der Waals surface area contributed by atoms with Crippen LogP contribution in [0.3, 0.4) is 0 Å². The fourth-order valence-corrected chi connectivity index (χ4v) is 3.38. The highest BCUT2D eigenvalue weighted by Crippen LogP contribution is 2.29. The summed E-state index contributed by atoms with van der Waals surface area (Å²) in [7, 11) is 0. The molecule has 1 aliphatic heterocycles. The van der Waals surface area contributed by atoms with Crippen molar-refractivity contribution >= 4 is 23.1 Å². The fraction of sp³-hybridized carbons (Fsp3) is 0.190. The first kappa shape index (κ1) is 16.9. The Morgan fingerprint density at radius 3 is 2.31 bits per heavy atom. The predicted octanol–water partition coefficient (Wildman–Crippen LogP) is 4.20. The number of rotatable bonds is 4. The van der Waals surface area contributed by atoms with Crippen LogP contribution in [0.4, 0.5) is 5.69 Å². The van der Waals surface area contributed by atoms with Crippen LogP contribution in [0.1, 0.15) is 16.1 Å². The molecule has 5 heteroatoms. The molecule has 0 N–H and O–H groups in total. The summed E-state index contributed by atoms with van der Waals surface area (Å²) in [5.41, 5.74) is 3.20. The van der Waals surface area contributed by atoms with E-state index in [9.17, 15) is 4.79 Å². The van der Waals surface area contributed by atoms with Gasteiger partial charge in [0, 0.05) is 35.6 Å². The topological polar surface area (TPSA) is 34.5 Å². The van der Waals surface area contributed by atoms with E-state index in [-0.39, 0.29) is 5.78 Å². The minimum Gasteiger partial charge on any atom is -0.378 e. The van der Waals surface area contributed by atoms with Gasteiger partial charge in [0.25, 0.3) is 0 Å². The van der Waals surface area contributed by atoms with Gasteiger partial charge < -0.3 is 14.2 Å². The quantitative estimate of drug-likeness (QED) is 0.649. The van der Waals surface area contributed by atoms with Crippen LogP contribution in [0.15, 0.2) is 66.9 Å². The van der Waals surface area contributed by atoms with Crippen molar-refractivity contribution in [2.45, 2.75) is 0 Å². The van der Waals surface area contributed by atoms with Crippen molar-refractivity contribution < 1.29 is 9.53 Å². The van der Waals surface area contributed by atoms with Crippen molar-refractivity contribution in [3.05, 3.63) is 83.1 Å². The Labute approximate surface area is 157 Å². The second-order valence-corrected chi connectivity index (χ2v) is 6.63. The lowest BCUT2D eigenvalue weighted by atomic mass is 10.1. The molecule has 0 amide bonds.